The number of benzene rings is 2. The fraction of sp³-hybridized carbons (Fsp3) is 0.125. The summed E-state index contributed by atoms with van der Waals surface area (Å²) in [6.45, 7) is 1.90. The summed E-state index contributed by atoms with van der Waals surface area (Å²) in [5.74, 6) is -0.583. The molecule has 0 saturated heterocycles. The predicted molar refractivity (Wildman–Crippen MR) is 83.4 cm³/mol. The van der Waals surface area contributed by atoms with Crippen molar-refractivity contribution in [3.05, 3.63) is 54.1 Å². The van der Waals surface area contributed by atoms with Crippen molar-refractivity contribution < 1.29 is 19.4 Å². The number of hydrogen-bond donors (Lipinski definition) is 2. The number of ether oxygens (including phenoxy) is 1. The van der Waals surface area contributed by atoms with E-state index in [1.807, 2.05) is 0 Å². The third-order valence-electron chi connectivity index (χ3n) is 3.03. The molecule has 1 amide bonds. The van der Waals surface area contributed by atoms with Gasteiger partial charge >= 0.3 is 12.1 Å². The molecule has 0 saturated carbocycles. The van der Waals surface area contributed by atoms with Gasteiger partial charge in [-0.3, -0.25) is 0 Å². The zero-order valence-electron chi connectivity index (χ0n) is 12.0. The predicted octanol–water partition coefficient (Wildman–Crippen LogP) is 3.26. The fourth-order valence-corrected chi connectivity index (χ4v) is 2.06. The number of esters is 1. The number of carbonyl (C=O) groups is 2. The summed E-state index contributed by atoms with van der Waals surface area (Å²) in [7, 11) is 0. The van der Waals surface area contributed by atoms with Gasteiger partial charge in [0.25, 0.3) is 0 Å². The maximum atomic E-state index is 11.9. The molecular formula is C16H16N2O4. The van der Waals surface area contributed by atoms with Gasteiger partial charge in [0.1, 0.15) is 0 Å². The van der Waals surface area contributed by atoms with E-state index in [2.05, 4.69) is 0 Å². The van der Waals surface area contributed by atoms with Gasteiger partial charge in [-0.15, -0.1) is 0 Å². The Bertz CT molecular complexity index is 686. The number of carbonyl (C=O) groups excluding carboxylic acids is 1. The van der Waals surface area contributed by atoms with E-state index in [0.29, 0.717) is 5.69 Å². The van der Waals surface area contributed by atoms with Crippen molar-refractivity contribution in [3.8, 4) is 0 Å². The molecule has 2 aromatic rings. The highest BCUT2D eigenvalue weighted by atomic mass is 16.5. The molecule has 0 heterocycles. The van der Waals surface area contributed by atoms with Gasteiger partial charge in [-0.05, 0) is 31.2 Å². The van der Waals surface area contributed by atoms with Crippen LogP contribution in [0.4, 0.5) is 21.9 Å². The monoisotopic (exact) mass is 300 g/mol. The smallest absolute Gasteiger partial charge is 0.416 e. The van der Waals surface area contributed by atoms with Gasteiger partial charge in [0.05, 0.1) is 29.2 Å². The van der Waals surface area contributed by atoms with E-state index in [1.54, 1.807) is 49.4 Å². The number of amides is 1. The molecule has 0 aliphatic rings. The van der Waals surface area contributed by atoms with Crippen LogP contribution in [0.5, 0.6) is 0 Å². The van der Waals surface area contributed by atoms with Gasteiger partial charge in [-0.25, -0.2) is 14.5 Å². The van der Waals surface area contributed by atoms with Crippen LogP contribution in [0.1, 0.15) is 17.3 Å². The summed E-state index contributed by atoms with van der Waals surface area (Å²) >= 11 is 0. The third kappa shape index (κ3) is 3.01. The number of para-hydroxylation sites is 2. The summed E-state index contributed by atoms with van der Waals surface area (Å²) in [4.78, 5) is 24.5. The van der Waals surface area contributed by atoms with E-state index in [9.17, 15) is 14.7 Å². The van der Waals surface area contributed by atoms with Crippen LogP contribution in [-0.4, -0.2) is 23.8 Å². The first kappa shape index (κ1) is 15.4. The molecule has 0 atom stereocenters. The molecule has 0 fully saturated rings. The Morgan fingerprint density at radius 1 is 1.14 bits per heavy atom. The Balaban J connectivity index is 2.52. The summed E-state index contributed by atoms with van der Waals surface area (Å²) in [6, 6.07) is 13.1. The molecule has 6 heteroatoms. The Kier molecular flexibility index (Phi) is 4.63. The normalized spacial score (nSPS) is 10.0. The summed E-state index contributed by atoms with van der Waals surface area (Å²) in [5.41, 5.74) is 6.83. The fourth-order valence-electron chi connectivity index (χ4n) is 2.06. The van der Waals surface area contributed by atoms with E-state index in [0.717, 1.165) is 4.90 Å². The van der Waals surface area contributed by atoms with Crippen LogP contribution in [0.15, 0.2) is 48.5 Å². The molecule has 2 rings (SSSR count). The van der Waals surface area contributed by atoms with Crippen LogP contribution in [0.3, 0.4) is 0 Å². The topological polar surface area (TPSA) is 92.9 Å². The minimum atomic E-state index is -1.20. The van der Waals surface area contributed by atoms with Crippen LogP contribution in [0.2, 0.25) is 0 Å². The number of nitrogens with two attached hydrogens (primary N) is 1. The quantitative estimate of drug-likeness (QED) is 0.667. The highest BCUT2D eigenvalue weighted by molar-refractivity contribution is 6.04. The summed E-state index contributed by atoms with van der Waals surface area (Å²) in [5, 5.41) is 9.49. The van der Waals surface area contributed by atoms with Gasteiger partial charge in [0.15, 0.2) is 0 Å². The minimum Gasteiger partial charge on any atom is -0.464 e. The second-order valence-electron chi connectivity index (χ2n) is 4.41. The van der Waals surface area contributed by atoms with Gasteiger partial charge in [-0.2, -0.15) is 0 Å². The zero-order valence-corrected chi connectivity index (χ0v) is 12.0. The average Bonchev–Trinajstić information content (AvgIpc) is 2.50. The lowest BCUT2D eigenvalue weighted by atomic mass is 10.1. The van der Waals surface area contributed by atoms with Crippen molar-refractivity contribution >= 4 is 29.1 Å². The van der Waals surface area contributed by atoms with Crippen molar-refractivity contribution in [2.75, 3.05) is 17.2 Å². The molecule has 3 N–H and O–H groups in total. The van der Waals surface area contributed by atoms with E-state index >= 15 is 0 Å². The van der Waals surface area contributed by atoms with E-state index < -0.39 is 12.1 Å². The largest absolute Gasteiger partial charge is 0.464 e. The average molecular weight is 300 g/mol. The van der Waals surface area contributed by atoms with Gasteiger partial charge in [-0.1, -0.05) is 24.3 Å². The Hall–Kier alpha value is -3.02. The molecule has 0 radical (unpaired) electrons. The first-order valence-electron chi connectivity index (χ1n) is 6.70. The number of nitrogens with zero attached hydrogens (tertiary/aromatic N) is 1. The second kappa shape index (κ2) is 6.62. The molecule has 0 spiro atoms. The zero-order chi connectivity index (χ0) is 16.1. The van der Waals surface area contributed by atoms with E-state index in [1.165, 1.54) is 6.07 Å². The molecule has 0 bridgehead atoms. The van der Waals surface area contributed by atoms with Crippen molar-refractivity contribution in [2.24, 2.45) is 0 Å². The van der Waals surface area contributed by atoms with Crippen molar-refractivity contribution in [1.82, 2.24) is 0 Å². The molecule has 0 unspecified atom stereocenters. The molecule has 0 aliphatic carbocycles. The summed E-state index contributed by atoms with van der Waals surface area (Å²) < 4.78 is 4.92. The Labute approximate surface area is 127 Å². The number of nitrogen functional groups attached to an aromatic ring is 1. The Morgan fingerprint density at radius 3 is 2.41 bits per heavy atom. The first-order chi connectivity index (χ1) is 10.6. The van der Waals surface area contributed by atoms with Crippen molar-refractivity contribution in [3.63, 3.8) is 0 Å². The molecule has 0 aromatic heterocycles. The molecule has 2 aromatic carbocycles. The first-order valence-corrected chi connectivity index (χ1v) is 6.70. The number of anilines is 3. The summed E-state index contributed by atoms with van der Waals surface area (Å²) in [6.07, 6.45) is -1.20. The molecule has 0 aliphatic heterocycles. The molecular weight excluding hydrogens is 284 g/mol. The van der Waals surface area contributed by atoms with Gasteiger partial charge < -0.3 is 15.6 Å². The lowest BCUT2D eigenvalue weighted by Gasteiger charge is -2.22. The number of carboxylic acid groups (broad SMARTS) is 1. The molecule has 6 nitrogen and oxygen atoms in total. The van der Waals surface area contributed by atoms with Crippen LogP contribution in [0.25, 0.3) is 0 Å². The van der Waals surface area contributed by atoms with Crippen molar-refractivity contribution in [1.29, 1.82) is 0 Å². The van der Waals surface area contributed by atoms with Crippen molar-refractivity contribution in [2.45, 2.75) is 6.92 Å². The van der Waals surface area contributed by atoms with E-state index in [4.69, 9.17) is 10.5 Å². The number of rotatable bonds is 4. The van der Waals surface area contributed by atoms with E-state index in [-0.39, 0.29) is 23.5 Å². The van der Waals surface area contributed by atoms with Gasteiger partial charge in [0.2, 0.25) is 0 Å². The minimum absolute atomic E-state index is 0.0622. The Morgan fingerprint density at radius 2 is 1.82 bits per heavy atom. The van der Waals surface area contributed by atoms with Crippen LogP contribution in [0, 0.1) is 0 Å². The highest BCUT2D eigenvalue weighted by Crippen LogP contribution is 2.32. The molecule has 22 heavy (non-hydrogen) atoms. The maximum Gasteiger partial charge on any atom is 0.416 e. The van der Waals surface area contributed by atoms with Crippen LogP contribution in [-0.2, 0) is 4.74 Å². The lowest BCUT2D eigenvalue weighted by molar-refractivity contribution is 0.0527. The van der Waals surface area contributed by atoms with Crippen LogP contribution >= 0.6 is 0 Å². The highest BCUT2D eigenvalue weighted by Gasteiger charge is 2.22. The van der Waals surface area contributed by atoms with Crippen LogP contribution < -0.4 is 10.6 Å². The SMILES string of the molecule is CCOC(=O)c1cccc(N(C(=O)O)c2ccccc2)c1N. The number of hydrogen-bond acceptors (Lipinski definition) is 4. The lowest BCUT2D eigenvalue weighted by Crippen LogP contribution is -2.25. The maximum absolute atomic E-state index is 11.9. The molecule has 114 valence electrons. The second-order valence-corrected chi connectivity index (χ2v) is 4.41. The van der Waals surface area contributed by atoms with Gasteiger partial charge in [0, 0.05) is 0 Å². The standard InChI is InChI=1S/C16H16N2O4/c1-2-22-15(19)12-9-6-10-13(14(12)17)18(16(20)21)11-7-4-3-5-8-11/h3-10H,2,17H2,1H3,(H,20,21). The third-order valence-corrected chi connectivity index (χ3v) is 3.03.